The molecule has 0 N–H and O–H groups in total. The van der Waals surface area contributed by atoms with Crippen LogP contribution in [0.15, 0.2) is 30.3 Å². The van der Waals surface area contributed by atoms with E-state index in [0.29, 0.717) is 0 Å². The second-order valence-corrected chi connectivity index (χ2v) is 5.51. The van der Waals surface area contributed by atoms with Gasteiger partial charge in [0.2, 0.25) is 0 Å². The third-order valence-electron chi connectivity index (χ3n) is 4.22. The molecule has 0 unspecified atom stereocenters. The van der Waals surface area contributed by atoms with Gasteiger partial charge >= 0.3 is 0 Å². The molecule has 0 fully saturated rings. The van der Waals surface area contributed by atoms with Gasteiger partial charge in [-0.1, -0.05) is 37.3 Å². The molecule has 2 aromatic carbocycles. The van der Waals surface area contributed by atoms with E-state index in [1.165, 1.54) is 16.7 Å². The van der Waals surface area contributed by atoms with Gasteiger partial charge in [0.15, 0.2) is 5.78 Å². The number of ketones is 1. The maximum Gasteiger partial charge on any atom is 0.193 e. The van der Waals surface area contributed by atoms with Crippen LogP contribution in [0.4, 0.5) is 0 Å². The summed E-state index contributed by atoms with van der Waals surface area (Å²) in [6, 6.07) is 10.1. The van der Waals surface area contributed by atoms with Crippen molar-refractivity contribution in [2.75, 3.05) is 0 Å². The zero-order valence-electron chi connectivity index (χ0n) is 13.0. The van der Waals surface area contributed by atoms with Crippen LogP contribution in [0.1, 0.15) is 50.7 Å². The Morgan fingerprint density at radius 1 is 0.900 bits per heavy atom. The molecule has 20 heavy (non-hydrogen) atoms. The molecule has 0 aliphatic heterocycles. The van der Waals surface area contributed by atoms with Crippen LogP contribution in [0, 0.1) is 27.7 Å². The van der Waals surface area contributed by atoms with Gasteiger partial charge in [-0.05, 0) is 61.9 Å². The van der Waals surface area contributed by atoms with Gasteiger partial charge in [-0.15, -0.1) is 0 Å². The Kier molecular flexibility index (Phi) is 4.08. The number of hydrogen-bond acceptors (Lipinski definition) is 1. The Labute approximate surface area is 121 Å². The van der Waals surface area contributed by atoms with Crippen molar-refractivity contribution in [3.05, 3.63) is 69.3 Å². The molecule has 0 saturated heterocycles. The first kappa shape index (κ1) is 14.5. The van der Waals surface area contributed by atoms with Gasteiger partial charge in [0, 0.05) is 11.1 Å². The summed E-state index contributed by atoms with van der Waals surface area (Å²) >= 11 is 0. The van der Waals surface area contributed by atoms with Crippen LogP contribution >= 0.6 is 0 Å². The van der Waals surface area contributed by atoms with E-state index in [0.717, 1.165) is 28.7 Å². The summed E-state index contributed by atoms with van der Waals surface area (Å²) in [5, 5.41) is 0. The first-order valence-corrected chi connectivity index (χ1v) is 7.16. The maximum atomic E-state index is 12.8. The number of carbonyl (C=O) groups is 1. The predicted octanol–water partition coefficient (Wildman–Crippen LogP) is 4.71. The normalized spacial score (nSPS) is 10.7. The van der Waals surface area contributed by atoms with Crippen LogP contribution < -0.4 is 0 Å². The van der Waals surface area contributed by atoms with Crippen molar-refractivity contribution in [3.63, 3.8) is 0 Å². The van der Waals surface area contributed by atoms with Crippen LogP contribution in [0.5, 0.6) is 0 Å². The highest BCUT2D eigenvalue weighted by Gasteiger charge is 2.17. The summed E-state index contributed by atoms with van der Waals surface area (Å²) in [5.41, 5.74) is 7.46. The molecule has 0 atom stereocenters. The smallest absolute Gasteiger partial charge is 0.193 e. The number of rotatable bonds is 3. The first-order chi connectivity index (χ1) is 9.45. The van der Waals surface area contributed by atoms with E-state index in [1.807, 2.05) is 38.1 Å². The molecule has 2 rings (SSSR count). The van der Waals surface area contributed by atoms with Gasteiger partial charge in [0.1, 0.15) is 0 Å². The van der Waals surface area contributed by atoms with Crippen molar-refractivity contribution in [1.82, 2.24) is 0 Å². The molecule has 0 spiro atoms. The van der Waals surface area contributed by atoms with Crippen molar-refractivity contribution in [2.45, 2.75) is 41.0 Å². The molecule has 0 saturated carbocycles. The van der Waals surface area contributed by atoms with E-state index in [2.05, 4.69) is 26.8 Å². The molecule has 2 aromatic rings. The third-order valence-corrected chi connectivity index (χ3v) is 4.22. The van der Waals surface area contributed by atoms with Gasteiger partial charge < -0.3 is 0 Å². The third kappa shape index (κ3) is 2.53. The van der Waals surface area contributed by atoms with Crippen molar-refractivity contribution in [3.8, 4) is 0 Å². The highest BCUT2D eigenvalue weighted by atomic mass is 16.1. The highest BCUT2D eigenvalue weighted by molar-refractivity contribution is 6.11. The number of carbonyl (C=O) groups excluding carboxylic acids is 1. The lowest BCUT2D eigenvalue weighted by Gasteiger charge is -2.14. The number of benzene rings is 2. The molecule has 1 nitrogen and oxygen atoms in total. The lowest BCUT2D eigenvalue weighted by molar-refractivity contribution is 0.103. The average Bonchev–Trinajstić information content (AvgIpc) is 2.45. The molecular formula is C19H22O. The Bertz CT molecular complexity index is 622. The minimum atomic E-state index is 0.134. The molecule has 104 valence electrons. The second-order valence-electron chi connectivity index (χ2n) is 5.51. The van der Waals surface area contributed by atoms with Crippen LogP contribution in [0.2, 0.25) is 0 Å². The fourth-order valence-corrected chi connectivity index (χ4v) is 2.59. The van der Waals surface area contributed by atoms with Crippen molar-refractivity contribution < 1.29 is 4.79 Å². The summed E-state index contributed by atoms with van der Waals surface area (Å²) in [5.74, 6) is 0.134. The van der Waals surface area contributed by atoms with Crippen LogP contribution in [0.25, 0.3) is 0 Å². The lowest BCUT2D eigenvalue weighted by atomic mass is 9.89. The Morgan fingerprint density at radius 2 is 1.40 bits per heavy atom. The van der Waals surface area contributed by atoms with Crippen molar-refractivity contribution in [2.24, 2.45) is 0 Å². The SMILES string of the molecule is CCc1ccc(C(=O)c2c(C)c(C)cc(C)c2C)cc1. The quantitative estimate of drug-likeness (QED) is 0.735. The summed E-state index contributed by atoms with van der Waals surface area (Å²) in [7, 11) is 0. The molecule has 0 aliphatic carbocycles. The monoisotopic (exact) mass is 266 g/mol. The highest BCUT2D eigenvalue weighted by Crippen LogP contribution is 2.24. The van der Waals surface area contributed by atoms with E-state index >= 15 is 0 Å². The number of aryl methyl sites for hydroxylation is 3. The van der Waals surface area contributed by atoms with E-state index in [4.69, 9.17) is 0 Å². The zero-order chi connectivity index (χ0) is 14.9. The van der Waals surface area contributed by atoms with Crippen LogP contribution in [-0.4, -0.2) is 5.78 Å². The molecule has 0 aromatic heterocycles. The summed E-state index contributed by atoms with van der Waals surface area (Å²) in [6.07, 6.45) is 0.996. The molecule has 0 bridgehead atoms. The topological polar surface area (TPSA) is 17.1 Å². The molecule has 0 amide bonds. The Balaban J connectivity index is 2.53. The minimum absolute atomic E-state index is 0.134. The van der Waals surface area contributed by atoms with Crippen LogP contribution in [-0.2, 0) is 6.42 Å². The molecule has 1 heteroatoms. The standard InChI is InChI=1S/C19H22O/c1-6-16-7-9-17(10-8-16)19(20)18-14(4)12(2)11-13(3)15(18)5/h7-11H,6H2,1-5H3. The maximum absolute atomic E-state index is 12.8. The Morgan fingerprint density at radius 3 is 1.85 bits per heavy atom. The van der Waals surface area contributed by atoms with Crippen molar-refractivity contribution in [1.29, 1.82) is 0 Å². The van der Waals surface area contributed by atoms with E-state index in [9.17, 15) is 4.79 Å². The van der Waals surface area contributed by atoms with Crippen LogP contribution in [0.3, 0.4) is 0 Å². The number of hydrogen-bond donors (Lipinski definition) is 0. The van der Waals surface area contributed by atoms with Gasteiger partial charge in [0.25, 0.3) is 0 Å². The molecule has 0 aliphatic rings. The fourth-order valence-electron chi connectivity index (χ4n) is 2.59. The Hall–Kier alpha value is -1.89. The van der Waals surface area contributed by atoms with Gasteiger partial charge in [-0.2, -0.15) is 0 Å². The first-order valence-electron chi connectivity index (χ1n) is 7.16. The second kappa shape index (κ2) is 5.62. The largest absolute Gasteiger partial charge is 0.289 e. The molecule has 0 heterocycles. The van der Waals surface area contributed by atoms with E-state index < -0.39 is 0 Å². The predicted molar refractivity (Wildman–Crippen MR) is 84.6 cm³/mol. The molecule has 0 radical (unpaired) electrons. The minimum Gasteiger partial charge on any atom is -0.289 e. The summed E-state index contributed by atoms with van der Waals surface area (Å²) in [4.78, 5) is 12.8. The van der Waals surface area contributed by atoms with Gasteiger partial charge in [0.05, 0.1) is 0 Å². The zero-order valence-corrected chi connectivity index (χ0v) is 13.0. The van der Waals surface area contributed by atoms with Crippen molar-refractivity contribution >= 4 is 5.78 Å². The summed E-state index contributed by atoms with van der Waals surface area (Å²) < 4.78 is 0. The van der Waals surface area contributed by atoms with E-state index in [1.54, 1.807) is 0 Å². The molecular weight excluding hydrogens is 244 g/mol. The fraction of sp³-hybridized carbons (Fsp3) is 0.316. The summed E-state index contributed by atoms with van der Waals surface area (Å²) in [6.45, 7) is 10.3. The van der Waals surface area contributed by atoms with Gasteiger partial charge in [-0.25, -0.2) is 0 Å². The lowest BCUT2D eigenvalue weighted by Crippen LogP contribution is -2.09. The van der Waals surface area contributed by atoms with Gasteiger partial charge in [-0.3, -0.25) is 4.79 Å². The average molecular weight is 266 g/mol. The van der Waals surface area contributed by atoms with E-state index in [-0.39, 0.29) is 5.78 Å².